The molecular formula is C16H21FN2O. The van der Waals surface area contributed by atoms with Gasteiger partial charge in [-0.3, -0.25) is 4.79 Å². The van der Waals surface area contributed by atoms with Gasteiger partial charge in [0, 0.05) is 24.5 Å². The second-order valence-corrected chi connectivity index (χ2v) is 6.17. The van der Waals surface area contributed by atoms with Gasteiger partial charge in [0.1, 0.15) is 5.82 Å². The van der Waals surface area contributed by atoms with Gasteiger partial charge in [-0.05, 0) is 49.8 Å². The first-order valence-electron chi connectivity index (χ1n) is 7.38. The van der Waals surface area contributed by atoms with Crippen LogP contribution in [0.15, 0.2) is 24.3 Å². The summed E-state index contributed by atoms with van der Waals surface area (Å²) >= 11 is 0. The predicted octanol–water partition coefficient (Wildman–Crippen LogP) is 2.27. The van der Waals surface area contributed by atoms with E-state index in [1.165, 1.54) is 12.1 Å². The van der Waals surface area contributed by atoms with E-state index in [4.69, 9.17) is 5.73 Å². The molecular weight excluding hydrogens is 255 g/mol. The minimum atomic E-state index is -0.226. The summed E-state index contributed by atoms with van der Waals surface area (Å²) in [5.41, 5.74) is 7.01. The number of likely N-dealkylation sites (tertiary alicyclic amines) is 1. The Labute approximate surface area is 118 Å². The Hall–Kier alpha value is -1.42. The van der Waals surface area contributed by atoms with Crippen molar-refractivity contribution in [2.45, 2.75) is 44.2 Å². The number of amides is 1. The number of halogens is 1. The molecule has 0 unspecified atom stereocenters. The van der Waals surface area contributed by atoms with Crippen LogP contribution in [0, 0.1) is 11.7 Å². The molecule has 2 fully saturated rings. The zero-order chi connectivity index (χ0) is 14.3. The highest BCUT2D eigenvalue weighted by atomic mass is 19.1. The molecule has 1 saturated heterocycles. The van der Waals surface area contributed by atoms with Crippen LogP contribution in [-0.2, 0) is 4.79 Å². The van der Waals surface area contributed by atoms with Crippen LogP contribution in [0.25, 0.3) is 0 Å². The Morgan fingerprint density at radius 1 is 1.30 bits per heavy atom. The molecule has 3 nitrogen and oxygen atoms in total. The lowest BCUT2D eigenvalue weighted by Gasteiger charge is -2.36. The number of hydrogen-bond donors (Lipinski definition) is 1. The molecule has 20 heavy (non-hydrogen) atoms. The Morgan fingerprint density at radius 2 is 2.00 bits per heavy atom. The lowest BCUT2D eigenvalue weighted by atomic mass is 9.98. The molecule has 2 aliphatic rings. The molecule has 4 heteroatoms. The van der Waals surface area contributed by atoms with Gasteiger partial charge in [0.15, 0.2) is 0 Å². The van der Waals surface area contributed by atoms with Crippen LogP contribution in [0.2, 0.25) is 0 Å². The summed E-state index contributed by atoms with van der Waals surface area (Å²) in [6.07, 6.45) is 2.67. The highest BCUT2D eigenvalue weighted by molar-refractivity contribution is 5.83. The van der Waals surface area contributed by atoms with Crippen LogP contribution in [-0.4, -0.2) is 29.4 Å². The lowest BCUT2D eigenvalue weighted by Crippen LogP contribution is -2.49. The number of rotatable bonds is 2. The van der Waals surface area contributed by atoms with Gasteiger partial charge in [-0.15, -0.1) is 0 Å². The summed E-state index contributed by atoms with van der Waals surface area (Å²) in [7, 11) is 0. The van der Waals surface area contributed by atoms with Crippen LogP contribution >= 0.6 is 0 Å². The van der Waals surface area contributed by atoms with E-state index in [2.05, 4.69) is 6.92 Å². The Balaban J connectivity index is 1.64. The molecule has 2 N–H and O–H groups in total. The third-order valence-electron chi connectivity index (χ3n) is 4.61. The maximum Gasteiger partial charge on any atom is 0.226 e. The largest absolute Gasteiger partial charge is 0.340 e. The van der Waals surface area contributed by atoms with Gasteiger partial charge in [0.2, 0.25) is 5.91 Å². The zero-order valence-electron chi connectivity index (χ0n) is 11.8. The second-order valence-electron chi connectivity index (χ2n) is 6.17. The van der Waals surface area contributed by atoms with E-state index in [9.17, 15) is 9.18 Å². The summed E-state index contributed by atoms with van der Waals surface area (Å²) in [5.74, 6) is 0.373. The van der Waals surface area contributed by atoms with Crippen molar-refractivity contribution >= 4 is 5.91 Å². The second kappa shape index (κ2) is 5.17. The number of nitrogens with two attached hydrogens (primary N) is 1. The first kappa shape index (κ1) is 13.6. The van der Waals surface area contributed by atoms with Crippen LogP contribution in [0.5, 0.6) is 0 Å². The summed E-state index contributed by atoms with van der Waals surface area (Å²) in [5, 5.41) is 0. The van der Waals surface area contributed by atoms with E-state index in [1.807, 2.05) is 4.90 Å². The van der Waals surface area contributed by atoms with Crippen LogP contribution in [0.3, 0.4) is 0 Å². The topological polar surface area (TPSA) is 46.3 Å². The first-order chi connectivity index (χ1) is 9.56. The van der Waals surface area contributed by atoms with Gasteiger partial charge < -0.3 is 10.6 Å². The Morgan fingerprint density at radius 3 is 2.65 bits per heavy atom. The fourth-order valence-electron chi connectivity index (χ4n) is 3.30. The zero-order valence-corrected chi connectivity index (χ0v) is 11.8. The molecule has 1 aromatic carbocycles. The van der Waals surface area contributed by atoms with Gasteiger partial charge in [0.25, 0.3) is 0 Å². The molecule has 1 heterocycles. The van der Waals surface area contributed by atoms with Crippen LogP contribution in [0.1, 0.15) is 37.7 Å². The Kier molecular flexibility index (Phi) is 3.50. The molecule has 0 spiro atoms. The van der Waals surface area contributed by atoms with E-state index in [1.54, 1.807) is 12.1 Å². The normalized spacial score (nSPS) is 33.0. The van der Waals surface area contributed by atoms with E-state index in [-0.39, 0.29) is 35.6 Å². The van der Waals surface area contributed by atoms with Crippen molar-refractivity contribution < 1.29 is 9.18 Å². The van der Waals surface area contributed by atoms with E-state index >= 15 is 0 Å². The van der Waals surface area contributed by atoms with Crippen LogP contribution < -0.4 is 5.73 Å². The molecule has 1 aliphatic carbocycles. The maximum absolute atomic E-state index is 12.9. The highest BCUT2D eigenvalue weighted by Crippen LogP contribution is 2.48. The van der Waals surface area contributed by atoms with Crippen molar-refractivity contribution in [3.05, 3.63) is 35.6 Å². The minimum absolute atomic E-state index is 0.0808. The van der Waals surface area contributed by atoms with E-state index in [0.717, 1.165) is 31.4 Å². The fourth-order valence-corrected chi connectivity index (χ4v) is 3.30. The molecule has 1 aromatic rings. The minimum Gasteiger partial charge on any atom is -0.340 e. The summed E-state index contributed by atoms with van der Waals surface area (Å²) in [6, 6.07) is 6.99. The summed E-state index contributed by atoms with van der Waals surface area (Å²) in [4.78, 5) is 14.5. The SMILES string of the molecule is C[C@@H]1C[C@H](N)CCN1C(=O)[C@H]1C[C@@H]1c1ccc(F)cc1. The van der Waals surface area contributed by atoms with Crippen molar-refractivity contribution in [3.8, 4) is 0 Å². The number of benzene rings is 1. The number of carbonyl (C=O) groups excluding carboxylic acids is 1. The van der Waals surface area contributed by atoms with Crippen molar-refractivity contribution in [2.75, 3.05) is 6.54 Å². The quantitative estimate of drug-likeness (QED) is 0.900. The van der Waals surface area contributed by atoms with Gasteiger partial charge in [-0.1, -0.05) is 12.1 Å². The highest BCUT2D eigenvalue weighted by Gasteiger charge is 2.46. The third-order valence-corrected chi connectivity index (χ3v) is 4.61. The maximum atomic E-state index is 12.9. The molecule has 0 radical (unpaired) electrons. The summed E-state index contributed by atoms with van der Waals surface area (Å²) < 4.78 is 12.9. The predicted molar refractivity (Wildman–Crippen MR) is 75.6 cm³/mol. The number of nitrogens with zero attached hydrogens (tertiary/aromatic N) is 1. The molecule has 1 aliphatic heterocycles. The third kappa shape index (κ3) is 2.57. The van der Waals surface area contributed by atoms with Crippen molar-refractivity contribution in [1.82, 2.24) is 4.90 Å². The Bertz CT molecular complexity index is 502. The number of hydrogen-bond acceptors (Lipinski definition) is 2. The average Bonchev–Trinajstić information content (AvgIpc) is 3.19. The van der Waals surface area contributed by atoms with Crippen LogP contribution in [0.4, 0.5) is 4.39 Å². The smallest absolute Gasteiger partial charge is 0.226 e. The molecule has 4 atom stereocenters. The van der Waals surface area contributed by atoms with Crippen molar-refractivity contribution in [3.63, 3.8) is 0 Å². The first-order valence-corrected chi connectivity index (χ1v) is 7.38. The van der Waals surface area contributed by atoms with Gasteiger partial charge in [-0.25, -0.2) is 4.39 Å². The number of piperidine rings is 1. The molecule has 108 valence electrons. The average molecular weight is 276 g/mol. The monoisotopic (exact) mass is 276 g/mol. The van der Waals surface area contributed by atoms with Gasteiger partial charge >= 0.3 is 0 Å². The molecule has 1 amide bonds. The fraction of sp³-hybridized carbons (Fsp3) is 0.562. The van der Waals surface area contributed by atoms with Crippen molar-refractivity contribution in [1.29, 1.82) is 0 Å². The summed E-state index contributed by atoms with van der Waals surface area (Å²) in [6.45, 7) is 2.85. The molecule has 0 aromatic heterocycles. The van der Waals surface area contributed by atoms with Gasteiger partial charge in [0.05, 0.1) is 0 Å². The van der Waals surface area contributed by atoms with E-state index in [0.29, 0.717) is 0 Å². The number of carbonyl (C=O) groups is 1. The molecule has 0 bridgehead atoms. The van der Waals surface area contributed by atoms with E-state index < -0.39 is 0 Å². The standard InChI is InChI=1S/C16H21FN2O/c1-10-8-13(18)6-7-19(10)16(20)15-9-14(15)11-2-4-12(17)5-3-11/h2-5,10,13-15H,6-9,18H2,1H3/t10-,13-,14-,15+/m1/s1. The molecule has 3 rings (SSSR count). The van der Waals surface area contributed by atoms with Crippen molar-refractivity contribution in [2.24, 2.45) is 11.7 Å². The molecule has 1 saturated carbocycles. The lowest BCUT2D eigenvalue weighted by molar-refractivity contribution is -0.136. The van der Waals surface area contributed by atoms with Gasteiger partial charge in [-0.2, -0.15) is 0 Å².